The zero-order chi connectivity index (χ0) is 54.3. The molecule has 6 aromatic carbocycles. The third-order valence-electron chi connectivity index (χ3n) is 11.5. The molecule has 0 saturated carbocycles. The van der Waals surface area contributed by atoms with Gasteiger partial charge in [-0.05, 0) is 132 Å². The first-order chi connectivity index (χ1) is 36.1. The summed E-state index contributed by atoms with van der Waals surface area (Å²) in [7, 11) is 0. The number of carbonyl (C=O) groups excluding carboxylic acids is 4. The fourth-order valence-corrected chi connectivity index (χ4v) is 7.16. The fourth-order valence-electron chi connectivity index (χ4n) is 7.07. The van der Waals surface area contributed by atoms with Crippen LogP contribution in [-0.4, -0.2) is 47.8 Å². The lowest BCUT2D eigenvalue weighted by Gasteiger charge is -2.12. The normalized spacial score (nSPS) is 11.5. The summed E-state index contributed by atoms with van der Waals surface area (Å²) in [4.78, 5) is 49.4. The van der Waals surface area contributed by atoms with Gasteiger partial charge in [0, 0.05) is 0 Å². The smallest absolute Gasteiger partial charge is 0.343 e. The number of unbranched alkanes of at least 4 members (excludes halogenated alkanes) is 5. The Kier molecular flexibility index (Phi) is 23.2. The number of ether oxygens (including phenoxy) is 6. The van der Waals surface area contributed by atoms with Crippen LogP contribution >= 0.6 is 23.2 Å². The molecule has 12 nitrogen and oxygen atoms in total. The van der Waals surface area contributed by atoms with Gasteiger partial charge in [0.1, 0.15) is 57.4 Å². The summed E-state index contributed by atoms with van der Waals surface area (Å²) in [6.07, 6.45) is 7.33. The monoisotopic (exact) mass is 1050 g/mol. The first kappa shape index (κ1) is 58.3. The number of esters is 4. The van der Waals surface area contributed by atoms with E-state index < -0.39 is 34.6 Å². The van der Waals surface area contributed by atoms with E-state index >= 15 is 0 Å². The van der Waals surface area contributed by atoms with Crippen LogP contribution in [-0.2, 0) is 9.59 Å². The summed E-state index contributed by atoms with van der Waals surface area (Å²) >= 11 is 12.1. The lowest BCUT2D eigenvalue weighted by Crippen LogP contribution is -2.25. The standard InChI is InChI=1S/C31H32ClNO5.C30H30ClNO5/c1-4-5-6-7-18-36-28-17-12-24(19-25(28)20-33)30(34)37-26-13-8-22(9-14-26)23-10-15-27(16-11-23)38-31(35)29(32)21(2)3;1-4-5-6-17-35-27-16-11-23(18-24(27)19-32)29(33)36-25-12-7-21(8-13-25)22-9-14-26(15-10-22)37-30(34)28(31)20(2)3/h8-17,19,21,29H,4-7,18H2,1-3H3;7-16,18,20,28H,4-6,17H2,1-3H3. The number of halogens is 2. The fraction of sp³-hybridized carbons (Fsp3) is 0.311. The Morgan fingerprint density at radius 1 is 0.440 bits per heavy atom. The Balaban J connectivity index is 0.000000277. The SMILES string of the molecule is CCCCCCOc1ccc(C(=O)Oc2ccc(-c3ccc(OC(=O)C(Cl)C(C)C)cc3)cc2)cc1C#N.CCCCCOc1ccc(C(=O)Oc2ccc(-c3ccc(OC(=O)C(Cl)C(C)C)cc3)cc2)cc1C#N. The maximum atomic E-state index is 12.7. The van der Waals surface area contributed by atoms with E-state index in [4.69, 9.17) is 51.6 Å². The number of nitrogens with zero attached hydrogens (tertiary/aromatic N) is 2. The second kappa shape index (κ2) is 29.9. The topological polar surface area (TPSA) is 171 Å². The molecule has 6 rings (SSSR count). The van der Waals surface area contributed by atoms with E-state index in [0.29, 0.717) is 58.8 Å². The van der Waals surface area contributed by atoms with Gasteiger partial charge in [-0.25, -0.2) is 9.59 Å². The molecule has 2 atom stereocenters. The van der Waals surface area contributed by atoms with Crippen molar-refractivity contribution in [2.75, 3.05) is 13.2 Å². The minimum atomic E-state index is -0.706. The Labute approximate surface area is 450 Å². The van der Waals surface area contributed by atoms with Gasteiger partial charge in [-0.1, -0.05) is 122 Å². The highest BCUT2D eigenvalue weighted by Gasteiger charge is 2.23. The van der Waals surface area contributed by atoms with Crippen LogP contribution in [0.25, 0.3) is 22.3 Å². The zero-order valence-corrected chi connectivity index (χ0v) is 44.6. The molecule has 0 saturated heterocycles. The van der Waals surface area contributed by atoms with Crippen LogP contribution in [0.15, 0.2) is 133 Å². The van der Waals surface area contributed by atoms with E-state index in [1.54, 1.807) is 72.8 Å². The first-order valence-corrected chi connectivity index (χ1v) is 25.9. The number of carbonyl (C=O) groups is 4. The summed E-state index contributed by atoms with van der Waals surface area (Å²) < 4.78 is 33.1. The Morgan fingerprint density at radius 3 is 1.05 bits per heavy atom. The second-order valence-corrected chi connectivity index (χ2v) is 19.1. The predicted octanol–water partition coefficient (Wildman–Crippen LogP) is 14.8. The number of benzene rings is 6. The van der Waals surface area contributed by atoms with Gasteiger partial charge in [0.15, 0.2) is 0 Å². The molecule has 0 aliphatic rings. The highest BCUT2D eigenvalue weighted by atomic mass is 35.5. The van der Waals surface area contributed by atoms with Gasteiger partial charge >= 0.3 is 23.9 Å². The molecule has 2 unspecified atom stereocenters. The number of hydrogen-bond acceptors (Lipinski definition) is 12. The molecule has 0 amide bonds. The van der Waals surface area contributed by atoms with Crippen molar-refractivity contribution < 1.29 is 47.6 Å². The van der Waals surface area contributed by atoms with Gasteiger partial charge in [0.05, 0.1) is 35.5 Å². The molecular formula is C61H62Cl2N2O10. The second-order valence-electron chi connectivity index (χ2n) is 18.1. The first-order valence-electron chi connectivity index (χ1n) is 25.0. The van der Waals surface area contributed by atoms with E-state index in [1.807, 2.05) is 76.2 Å². The average molecular weight is 1050 g/mol. The van der Waals surface area contributed by atoms with Gasteiger partial charge in [0.25, 0.3) is 0 Å². The lowest BCUT2D eigenvalue weighted by molar-refractivity contribution is -0.135. The van der Waals surface area contributed by atoms with Crippen molar-refractivity contribution in [1.82, 2.24) is 0 Å². The van der Waals surface area contributed by atoms with Gasteiger partial charge in [-0.2, -0.15) is 10.5 Å². The van der Waals surface area contributed by atoms with Crippen LogP contribution in [0.3, 0.4) is 0 Å². The van der Waals surface area contributed by atoms with Gasteiger partial charge in [-0.3, -0.25) is 9.59 Å². The van der Waals surface area contributed by atoms with Crippen molar-refractivity contribution in [3.05, 3.63) is 156 Å². The van der Waals surface area contributed by atoms with Crippen LogP contribution in [0, 0.1) is 34.5 Å². The van der Waals surface area contributed by atoms with E-state index in [1.165, 1.54) is 12.1 Å². The molecule has 6 aromatic rings. The molecule has 0 radical (unpaired) electrons. The molecule has 0 fully saturated rings. The number of rotatable bonds is 23. The van der Waals surface area contributed by atoms with E-state index in [2.05, 4.69) is 26.0 Å². The summed E-state index contributed by atoms with van der Waals surface area (Å²) in [5.41, 5.74) is 4.72. The zero-order valence-electron chi connectivity index (χ0n) is 43.1. The van der Waals surface area contributed by atoms with Crippen molar-refractivity contribution in [1.29, 1.82) is 10.5 Å². The molecule has 0 spiro atoms. The third kappa shape index (κ3) is 18.1. The average Bonchev–Trinajstić information content (AvgIpc) is 3.42. The van der Waals surface area contributed by atoms with Crippen LogP contribution in [0.1, 0.15) is 118 Å². The van der Waals surface area contributed by atoms with Gasteiger partial charge in [-0.15, -0.1) is 23.2 Å². The molecular weight excluding hydrogens is 992 g/mol. The summed E-state index contributed by atoms with van der Waals surface area (Å²) in [6.45, 7) is 12.7. The van der Waals surface area contributed by atoms with E-state index in [9.17, 15) is 29.7 Å². The number of nitriles is 2. The maximum absolute atomic E-state index is 12.7. The van der Waals surface area contributed by atoms with Crippen LogP contribution < -0.4 is 28.4 Å². The summed E-state index contributed by atoms with van der Waals surface area (Å²) in [6, 6.07) is 41.8. The summed E-state index contributed by atoms with van der Waals surface area (Å²) in [5.74, 6) is 0.377. The Bertz CT molecular complexity index is 2910. The van der Waals surface area contributed by atoms with Crippen molar-refractivity contribution in [3.8, 4) is 68.9 Å². The highest BCUT2D eigenvalue weighted by molar-refractivity contribution is 6.30. The molecule has 14 heteroatoms. The van der Waals surface area contributed by atoms with Crippen LogP contribution in [0.2, 0.25) is 0 Å². The molecule has 390 valence electrons. The van der Waals surface area contributed by atoms with Crippen LogP contribution in [0.4, 0.5) is 0 Å². The number of hydrogen-bond donors (Lipinski definition) is 0. The molecule has 0 aromatic heterocycles. The maximum Gasteiger partial charge on any atom is 0.343 e. The van der Waals surface area contributed by atoms with E-state index in [0.717, 1.165) is 67.2 Å². The quantitative estimate of drug-likeness (QED) is 0.0258. The van der Waals surface area contributed by atoms with Crippen LogP contribution in [0.5, 0.6) is 34.5 Å². The Hall–Kier alpha value is -7.64. The summed E-state index contributed by atoms with van der Waals surface area (Å²) in [5, 5.41) is 17.5. The highest BCUT2D eigenvalue weighted by Crippen LogP contribution is 2.29. The van der Waals surface area contributed by atoms with Crippen molar-refractivity contribution >= 4 is 47.1 Å². The molecule has 0 aliphatic heterocycles. The molecule has 0 heterocycles. The van der Waals surface area contributed by atoms with Crippen molar-refractivity contribution in [2.24, 2.45) is 11.8 Å². The van der Waals surface area contributed by atoms with Crippen molar-refractivity contribution in [3.63, 3.8) is 0 Å². The van der Waals surface area contributed by atoms with Crippen molar-refractivity contribution in [2.45, 2.75) is 97.2 Å². The molecule has 0 bridgehead atoms. The largest absolute Gasteiger partial charge is 0.492 e. The molecule has 75 heavy (non-hydrogen) atoms. The van der Waals surface area contributed by atoms with Gasteiger partial charge in [0.2, 0.25) is 0 Å². The minimum absolute atomic E-state index is 0.0249. The predicted molar refractivity (Wildman–Crippen MR) is 291 cm³/mol. The molecule has 0 N–H and O–H groups in total. The molecule has 0 aliphatic carbocycles. The van der Waals surface area contributed by atoms with E-state index in [-0.39, 0.29) is 23.0 Å². The van der Waals surface area contributed by atoms with Gasteiger partial charge < -0.3 is 28.4 Å². The number of alkyl halides is 2. The Morgan fingerprint density at radius 2 is 0.747 bits per heavy atom. The lowest BCUT2D eigenvalue weighted by atomic mass is 10.1. The third-order valence-corrected chi connectivity index (χ3v) is 12.9. The minimum Gasteiger partial charge on any atom is -0.492 e.